The number of nitrogens with one attached hydrogen (secondary N) is 2. The lowest BCUT2D eigenvalue weighted by molar-refractivity contribution is 0.0676. The van der Waals surface area contributed by atoms with Gasteiger partial charge < -0.3 is 41.3 Å². The van der Waals surface area contributed by atoms with E-state index in [9.17, 15) is 73.8 Å². The summed E-state index contributed by atoms with van der Waals surface area (Å²) in [6.45, 7) is 0. The van der Waals surface area contributed by atoms with Crippen LogP contribution in [0.1, 0.15) is 99.6 Å². The zero-order valence-electron chi connectivity index (χ0n) is 25.1. The van der Waals surface area contributed by atoms with Crippen molar-refractivity contribution in [1.82, 2.24) is 15.0 Å². The number of amides is 2. The summed E-state index contributed by atoms with van der Waals surface area (Å²) in [5.41, 5.74) is -4.14. The van der Waals surface area contributed by atoms with Gasteiger partial charge in [-0.05, 0) is 60.2 Å². The SMILES string of the molecule is O=C(O)c1cc(CC(=O)c2nc(C(=O)Nc3cc(C(=O)O)cc(C(=O)O)c3)nc(C(=O)Nc3cc(C(=O)O)cc(C(=O)O)c3)n2)cc(C(=O)O)c1. The zero-order chi connectivity index (χ0) is 37.7. The van der Waals surface area contributed by atoms with Crippen LogP contribution in [0.2, 0.25) is 0 Å². The molecule has 51 heavy (non-hydrogen) atoms. The first-order chi connectivity index (χ1) is 23.9. The minimum Gasteiger partial charge on any atom is -0.478 e. The number of carboxylic acids is 6. The molecule has 20 nitrogen and oxygen atoms in total. The summed E-state index contributed by atoms with van der Waals surface area (Å²) in [4.78, 5) is 120. The minimum atomic E-state index is -1.56. The molecule has 1 heterocycles. The highest BCUT2D eigenvalue weighted by atomic mass is 16.4. The molecule has 0 unspecified atom stereocenters. The van der Waals surface area contributed by atoms with Crippen molar-refractivity contribution >= 4 is 64.8 Å². The van der Waals surface area contributed by atoms with E-state index in [1.54, 1.807) is 0 Å². The Kier molecular flexibility index (Phi) is 10.2. The van der Waals surface area contributed by atoms with E-state index >= 15 is 0 Å². The van der Waals surface area contributed by atoms with Crippen molar-refractivity contribution < 1.29 is 73.8 Å². The third-order valence-corrected chi connectivity index (χ3v) is 6.51. The number of hydrogen-bond donors (Lipinski definition) is 8. The van der Waals surface area contributed by atoms with Crippen molar-refractivity contribution in [1.29, 1.82) is 0 Å². The van der Waals surface area contributed by atoms with Gasteiger partial charge in [-0.2, -0.15) is 4.98 Å². The van der Waals surface area contributed by atoms with Crippen molar-refractivity contribution in [2.75, 3.05) is 10.6 Å². The van der Waals surface area contributed by atoms with Crippen LogP contribution in [-0.4, -0.2) is 99.0 Å². The highest BCUT2D eigenvalue weighted by Crippen LogP contribution is 2.19. The average Bonchev–Trinajstić information content (AvgIpc) is 3.07. The Morgan fingerprint density at radius 3 is 0.980 bits per heavy atom. The fraction of sp³-hybridized carbons (Fsp3) is 0.0323. The molecular formula is C31H19N5O15. The van der Waals surface area contributed by atoms with E-state index in [4.69, 9.17) is 0 Å². The van der Waals surface area contributed by atoms with Crippen LogP contribution in [0.5, 0.6) is 0 Å². The molecule has 20 heteroatoms. The first kappa shape index (κ1) is 35.9. The second-order valence-corrected chi connectivity index (χ2v) is 10.2. The van der Waals surface area contributed by atoms with Crippen molar-refractivity contribution in [2.24, 2.45) is 0 Å². The standard InChI is InChI=1S/C31H19N5O15/c37-20(3-11-1-12(26(40)41)4-13(2-11)27(42)43)21-34-22(24(38)32-18-7-14(28(44)45)5-15(8-18)29(46)47)36-23(35-21)25(39)33-19-9-16(30(48)49)6-17(10-19)31(50)51/h1-2,4-10H,3H2,(H,32,38)(H,33,39)(H,40,41)(H,42,43)(H,44,45)(H,46,47)(H,48,49)(H,50,51). The molecule has 3 aromatic carbocycles. The largest absolute Gasteiger partial charge is 0.478 e. The van der Waals surface area contributed by atoms with Gasteiger partial charge in [0.1, 0.15) is 0 Å². The van der Waals surface area contributed by atoms with Crippen LogP contribution in [0, 0.1) is 0 Å². The Balaban J connectivity index is 1.79. The molecule has 0 spiro atoms. The molecule has 0 aliphatic heterocycles. The number of anilines is 2. The first-order valence-electron chi connectivity index (χ1n) is 13.7. The van der Waals surface area contributed by atoms with E-state index in [-0.39, 0.29) is 5.56 Å². The molecule has 0 saturated heterocycles. The molecule has 0 atom stereocenters. The summed E-state index contributed by atoms with van der Waals surface area (Å²) in [5.74, 6) is -15.9. The van der Waals surface area contributed by atoms with Crippen molar-refractivity contribution in [3.8, 4) is 0 Å². The summed E-state index contributed by atoms with van der Waals surface area (Å²) in [6.07, 6.45) is -0.779. The third kappa shape index (κ3) is 8.72. The van der Waals surface area contributed by atoms with Gasteiger partial charge in [-0.15, -0.1) is 0 Å². The third-order valence-electron chi connectivity index (χ3n) is 6.51. The van der Waals surface area contributed by atoms with Gasteiger partial charge in [0.05, 0.1) is 33.4 Å². The van der Waals surface area contributed by atoms with E-state index in [0.717, 1.165) is 54.6 Å². The smallest absolute Gasteiger partial charge is 0.335 e. The fourth-order valence-electron chi connectivity index (χ4n) is 4.28. The van der Waals surface area contributed by atoms with E-state index in [1.807, 2.05) is 0 Å². The normalized spacial score (nSPS) is 10.4. The number of ketones is 1. The molecule has 0 aliphatic rings. The molecule has 1 aromatic heterocycles. The minimum absolute atomic E-state index is 0.159. The second kappa shape index (κ2) is 14.5. The van der Waals surface area contributed by atoms with Crippen LogP contribution in [0.4, 0.5) is 11.4 Å². The molecule has 0 fully saturated rings. The van der Waals surface area contributed by atoms with Crippen LogP contribution in [-0.2, 0) is 6.42 Å². The number of benzene rings is 3. The lowest BCUT2D eigenvalue weighted by Crippen LogP contribution is -2.25. The van der Waals surface area contributed by atoms with Gasteiger partial charge in [0.2, 0.25) is 23.3 Å². The average molecular weight is 702 g/mol. The van der Waals surface area contributed by atoms with Crippen molar-refractivity contribution in [2.45, 2.75) is 6.42 Å². The van der Waals surface area contributed by atoms with Gasteiger partial charge >= 0.3 is 35.8 Å². The van der Waals surface area contributed by atoms with E-state index < -0.39 is 122 Å². The Bertz CT molecular complexity index is 1880. The molecule has 0 bridgehead atoms. The van der Waals surface area contributed by atoms with Crippen LogP contribution in [0.25, 0.3) is 0 Å². The Morgan fingerprint density at radius 1 is 0.412 bits per heavy atom. The molecule has 258 valence electrons. The number of carboxylic acid groups (broad SMARTS) is 6. The van der Waals surface area contributed by atoms with E-state index in [1.165, 1.54) is 0 Å². The Hall–Kier alpha value is -7.90. The number of aromatic carboxylic acids is 6. The highest BCUT2D eigenvalue weighted by molar-refractivity contribution is 6.08. The molecule has 2 amide bonds. The number of carbonyl (C=O) groups excluding carboxylic acids is 3. The Labute approximate surface area is 281 Å². The van der Waals surface area contributed by atoms with Gasteiger partial charge in [-0.1, -0.05) is 0 Å². The topological polar surface area (TPSA) is 338 Å². The second-order valence-electron chi connectivity index (χ2n) is 10.2. The predicted molar refractivity (Wildman–Crippen MR) is 165 cm³/mol. The zero-order valence-corrected chi connectivity index (χ0v) is 25.1. The van der Waals surface area contributed by atoms with Crippen LogP contribution in [0.15, 0.2) is 54.6 Å². The molecule has 0 radical (unpaired) electrons. The summed E-state index contributed by atoms with van der Waals surface area (Å²) in [5, 5.41) is 60.4. The number of aromatic nitrogens is 3. The van der Waals surface area contributed by atoms with Crippen LogP contribution < -0.4 is 10.6 Å². The number of rotatable bonds is 13. The maximum Gasteiger partial charge on any atom is 0.335 e. The molecular weight excluding hydrogens is 682 g/mol. The van der Waals surface area contributed by atoms with Crippen molar-refractivity contribution in [3.05, 3.63) is 111 Å². The summed E-state index contributed by atoms with van der Waals surface area (Å²) in [6, 6.07) is 7.87. The van der Waals surface area contributed by atoms with Crippen LogP contribution in [0.3, 0.4) is 0 Å². The van der Waals surface area contributed by atoms with Gasteiger partial charge in [-0.3, -0.25) is 14.4 Å². The molecule has 0 aliphatic carbocycles. The fourth-order valence-corrected chi connectivity index (χ4v) is 4.28. The maximum absolute atomic E-state index is 13.3. The first-order valence-corrected chi connectivity index (χ1v) is 13.7. The quantitative estimate of drug-likeness (QED) is 0.0923. The van der Waals surface area contributed by atoms with Gasteiger partial charge in [0.15, 0.2) is 0 Å². The Morgan fingerprint density at radius 2 is 0.686 bits per heavy atom. The lowest BCUT2D eigenvalue weighted by Gasteiger charge is -2.11. The molecule has 8 N–H and O–H groups in total. The lowest BCUT2D eigenvalue weighted by atomic mass is 10.0. The molecule has 0 saturated carbocycles. The van der Waals surface area contributed by atoms with Gasteiger partial charge in [0, 0.05) is 17.8 Å². The number of hydrogen-bond acceptors (Lipinski definition) is 12. The summed E-state index contributed by atoms with van der Waals surface area (Å²) >= 11 is 0. The maximum atomic E-state index is 13.3. The molecule has 4 rings (SSSR count). The van der Waals surface area contributed by atoms with Gasteiger partial charge in [0.25, 0.3) is 11.8 Å². The van der Waals surface area contributed by atoms with Gasteiger partial charge in [-0.25, -0.2) is 38.7 Å². The highest BCUT2D eigenvalue weighted by Gasteiger charge is 2.24. The van der Waals surface area contributed by atoms with Crippen molar-refractivity contribution in [3.63, 3.8) is 0 Å². The number of carbonyl (C=O) groups is 9. The van der Waals surface area contributed by atoms with E-state index in [2.05, 4.69) is 25.6 Å². The summed E-state index contributed by atoms with van der Waals surface area (Å²) < 4.78 is 0. The summed E-state index contributed by atoms with van der Waals surface area (Å²) in [7, 11) is 0. The van der Waals surface area contributed by atoms with E-state index in [0.29, 0.717) is 0 Å². The number of Topliss-reactive ketones (excluding diaryl/α,β-unsaturated/α-hetero) is 1. The monoisotopic (exact) mass is 701 g/mol. The predicted octanol–water partition coefficient (Wildman–Crippen LogP) is 1.99. The molecule has 4 aromatic rings. The number of nitrogens with zero attached hydrogens (tertiary/aromatic N) is 3. The van der Waals surface area contributed by atoms with Crippen LogP contribution >= 0.6 is 0 Å².